The molecule has 0 bridgehead atoms. The summed E-state index contributed by atoms with van der Waals surface area (Å²) in [5, 5.41) is 7.03. The van der Waals surface area contributed by atoms with Gasteiger partial charge >= 0.3 is 0 Å². The average Bonchev–Trinajstić information content (AvgIpc) is 3.12. The van der Waals surface area contributed by atoms with Crippen LogP contribution in [0.25, 0.3) is 11.4 Å². The lowest BCUT2D eigenvalue weighted by molar-refractivity contribution is 0.415. The van der Waals surface area contributed by atoms with E-state index in [1.807, 2.05) is 44.2 Å². The highest BCUT2D eigenvalue weighted by Crippen LogP contribution is 2.19. The number of nitrogens with one attached hydrogen (secondary N) is 2. The van der Waals surface area contributed by atoms with Crippen molar-refractivity contribution in [3.8, 4) is 17.1 Å². The number of methoxy groups -OCH3 is 1. The third-order valence-electron chi connectivity index (χ3n) is 4.32. The maximum absolute atomic E-state index is 12.4. The molecule has 1 aromatic heterocycles. The predicted molar refractivity (Wildman–Crippen MR) is 103 cm³/mol. The molecule has 7 nitrogen and oxygen atoms in total. The van der Waals surface area contributed by atoms with Crippen LogP contribution in [0.3, 0.4) is 0 Å². The number of benzene rings is 2. The molecule has 8 heteroatoms. The summed E-state index contributed by atoms with van der Waals surface area (Å²) in [7, 11) is -1.94. The number of H-pyrrole nitrogens is 1. The Labute approximate surface area is 158 Å². The van der Waals surface area contributed by atoms with Gasteiger partial charge in [0, 0.05) is 18.5 Å². The van der Waals surface area contributed by atoms with Gasteiger partial charge in [-0.05, 0) is 61.4 Å². The van der Waals surface area contributed by atoms with E-state index >= 15 is 0 Å². The molecule has 2 aromatic carbocycles. The molecule has 2 N–H and O–H groups in total. The van der Waals surface area contributed by atoms with Gasteiger partial charge in [-0.25, -0.2) is 18.1 Å². The Morgan fingerprint density at radius 1 is 1.07 bits per heavy atom. The summed E-state index contributed by atoms with van der Waals surface area (Å²) in [5.41, 5.74) is 2.85. The zero-order chi connectivity index (χ0) is 19.4. The molecule has 0 saturated heterocycles. The minimum absolute atomic E-state index is 0.229. The Morgan fingerprint density at radius 2 is 1.81 bits per heavy atom. The summed E-state index contributed by atoms with van der Waals surface area (Å²) in [5.74, 6) is 1.93. The number of ether oxygens (including phenoxy) is 1. The second-order valence-electron chi connectivity index (χ2n) is 6.23. The topological polar surface area (TPSA) is 97.0 Å². The lowest BCUT2D eigenvalue weighted by Gasteiger charge is -2.08. The summed E-state index contributed by atoms with van der Waals surface area (Å²) < 4.78 is 32.5. The fourth-order valence-corrected chi connectivity index (χ4v) is 3.66. The van der Waals surface area contributed by atoms with Gasteiger partial charge in [-0.2, -0.15) is 5.10 Å². The Kier molecular flexibility index (Phi) is 5.57. The second-order valence-corrected chi connectivity index (χ2v) is 8.00. The normalized spacial score (nSPS) is 11.5. The third-order valence-corrected chi connectivity index (χ3v) is 5.78. The first-order valence-corrected chi connectivity index (χ1v) is 10.00. The van der Waals surface area contributed by atoms with Gasteiger partial charge in [0.15, 0.2) is 5.82 Å². The monoisotopic (exact) mass is 386 g/mol. The highest BCUT2D eigenvalue weighted by molar-refractivity contribution is 7.89. The van der Waals surface area contributed by atoms with E-state index in [0.717, 1.165) is 22.4 Å². The van der Waals surface area contributed by atoms with Crippen molar-refractivity contribution in [2.45, 2.75) is 25.2 Å². The van der Waals surface area contributed by atoms with Crippen LogP contribution in [0.5, 0.6) is 5.75 Å². The smallest absolute Gasteiger partial charge is 0.240 e. The van der Waals surface area contributed by atoms with Crippen LogP contribution in [0.2, 0.25) is 0 Å². The molecular weight excluding hydrogens is 364 g/mol. The van der Waals surface area contributed by atoms with E-state index in [4.69, 9.17) is 4.74 Å². The Morgan fingerprint density at radius 3 is 2.48 bits per heavy atom. The maximum Gasteiger partial charge on any atom is 0.240 e. The molecule has 0 aliphatic carbocycles. The lowest BCUT2D eigenvalue weighted by Crippen LogP contribution is -2.26. The Balaban J connectivity index is 1.62. The molecule has 0 aliphatic heterocycles. The minimum Gasteiger partial charge on any atom is -0.497 e. The molecule has 1 heterocycles. The van der Waals surface area contributed by atoms with Crippen LogP contribution in [0.15, 0.2) is 47.4 Å². The summed E-state index contributed by atoms with van der Waals surface area (Å²) in [4.78, 5) is 4.68. The molecule has 3 aromatic rings. The van der Waals surface area contributed by atoms with Crippen molar-refractivity contribution in [3.63, 3.8) is 0 Å². The zero-order valence-corrected chi connectivity index (χ0v) is 16.3. The molecule has 0 unspecified atom stereocenters. The van der Waals surface area contributed by atoms with Crippen molar-refractivity contribution < 1.29 is 13.2 Å². The average molecular weight is 386 g/mol. The molecule has 0 atom stereocenters. The van der Waals surface area contributed by atoms with E-state index in [-0.39, 0.29) is 11.4 Å². The minimum atomic E-state index is -3.55. The highest BCUT2D eigenvalue weighted by Gasteiger charge is 2.14. The summed E-state index contributed by atoms with van der Waals surface area (Å²) in [6.07, 6.45) is 0.410. The van der Waals surface area contributed by atoms with E-state index < -0.39 is 10.0 Å². The van der Waals surface area contributed by atoms with Crippen LogP contribution in [0, 0.1) is 13.8 Å². The van der Waals surface area contributed by atoms with E-state index in [2.05, 4.69) is 19.9 Å². The number of hydrogen-bond donors (Lipinski definition) is 2. The molecule has 0 fully saturated rings. The van der Waals surface area contributed by atoms with Gasteiger partial charge < -0.3 is 4.74 Å². The van der Waals surface area contributed by atoms with Crippen molar-refractivity contribution in [1.82, 2.24) is 19.9 Å². The molecule has 0 amide bonds. The molecule has 0 saturated carbocycles. The predicted octanol–water partition coefficient (Wildman–Crippen LogP) is 2.62. The SMILES string of the molecule is COc1ccc(-c2n[nH]c(CCNS(=O)(=O)c3ccc(C)c(C)c3)n2)cc1. The summed E-state index contributed by atoms with van der Waals surface area (Å²) in [6, 6.07) is 12.5. The van der Waals surface area contributed by atoms with Gasteiger partial charge in [0.1, 0.15) is 11.6 Å². The molecular formula is C19H22N4O3S. The van der Waals surface area contributed by atoms with Crippen LogP contribution in [-0.2, 0) is 16.4 Å². The van der Waals surface area contributed by atoms with Crippen molar-refractivity contribution >= 4 is 10.0 Å². The van der Waals surface area contributed by atoms with Gasteiger partial charge in [-0.3, -0.25) is 5.10 Å². The fourth-order valence-electron chi connectivity index (χ4n) is 2.54. The largest absolute Gasteiger partial charge is 0.497 e. The van der Waals surface area contributed by atoms with Crippen LogP contribution in [-0.4, -0.2) is 37.3 Å². The molecule has 27 heavy (non-hydrogen) atoms. The fraction of sp³-hybridized carbons (Fsp3) is 0.263. The van der Waals surface area contributed by atoms with Crippen LogP contribution >= 0.6 is 0 Å². The summed E-state index contributed by atoms with van der Waals surface area (Å²) in [6.45, 7) is 4.07. The first-order chi connectivity index (χ1) is 12.9. The van der Waals surface area contributed by atoms with Crippen molar-refractivity contribution in [1.29, 1.82) is 0 Å². The Bertz CT molecular complexity index is 1030. The number of hydrogen-bond acceptors (Lipinski definition) is 5. The second kappa shape index (κ2) is 7.89. The van der Waals surface area contributed by atoms with Gasteiger partial charge in [0.25, 0.3) is 0 Å². The highest BCUT2D eigenvalue weighted by atomic mass is 32.2. The first kappa shape index (κ1) is 19.1. The van der Waals surface area contributed by atoms with Gasteiger partial charge in [-0.15, -0.1) is 0 Å². The van der Waals surface area contributed by atoms with Crippen molar-refractivity contribution in [2.24, 2.45) is 0 Å². The van der Waals surface area contributed by atoms with Crippen LogP contribution in [0.4, 0.5) is 0 Å². The zero-order valence-electron chi connectivity index (χ0n) is 15.5. The number of sulfonamides is 1. The standard InChI is InChI=1S/C19H22N4O3S/c1-13-4-9-17(12-14(13)2)27(24,25)20-11-10-18-21-19(23-22-18)15-5-7-16(26-3)8-6-15/h4-9,12,20H,10-11H2,1-3H3,(H,21,22,23). The van der Waals surface area contributed by atoms with Gasteiger partial charge in [0.2, 0.25) is 10.0 Å². The molecule has 0 radical (unpaired) electrons. The maximum atomic E-state index is 12.4. The molecule has 0 aliphatic rings. The van der Waals surface area contributed by atoms with E-state index in [1.165, 1.54) is 0 Å². The number of rotatable bonds is 7. The van der Waals surface area contributed by atoms with E-state index in [9.17, 15) is 8.42 Å². The van der Waals surface area contributed by atoms with Crippen LogP contribution in [0.1, 0.15) is 17.0 Å². The van der Waals surface area contributed by atoms with Crippen molar-refractivity contribution in [3.05, 3.63) is 59.4 Å². The van der Waals surface area contributed by atoms with Crippen molar-refractivity contribution in [2.75, 3.05) is 13.7 Å². The molecule has 142 valence electrons. The third kappa shape index (κ3) is 4.53. The quantitative estimate of drug-likeness (QED) is 0.651. The van der Waals surface area contributed by atoms with E-state index in [1.54, 1.807) is 19.2 Å². The molecule has 3 rings (SSSR count). The van der Waals surface area contributed by atoms with Gasteiger partial charge in [0.05, 0.1) is 12.0 Å². The van der Waals surface area contributed by atoms with E-state index in [0.29, 0.717) is 18.1 Å². The number of aromatic amines is 1. The molecule has 0 spiro atoms. The number of nitrogens with zero attached hydrogens (tertiary/aromatic N) is 2. The lowest BCUT2D eigenvalue weighted by atomic mass is 10.1. The number of aryl methyl sites for hydroxylation is 2. The number of aromatic nitrogens is 3. The summed E-state index contributed by atoms with van der Waals surface area (Å²) >= 11 is 0. The Hall–Kier alpha value is -2.71. The van der Waals surface area contributed by atoms with Crippen LogP contribution < -0.4 is 9.46 Å². The first-order valence-electron chi connectivity index (χ1n) is 8.51. The van der Waals surface area contributed by atoms with Gasteiger partial charge in [-0.1, -0.05) is 6.07 Å².